The molecule has 29 heavy (non-hydrogen) atoms. The Labute approximate surface area is 169 Å². The van der Waals surface area contributed by atoms with Crippen molar-refractivity contribution in [2.45, 2.75) is 39.8 Å². The first-order chi connectivity index (χ1) is 13.9. The van der Waals surface area contributed by atoms with Gasteiger partial charge in [0.1, 0.15) is 19.0 Å². The van der Waals surface area contributed by atoms with Crippen LogP contribution in [0.25, 0.3) is 11.0 Å². The molecule has 7 heteroatoms. The van der Waals surface area contributed by atoms with Crippen molar-refractivity contribution in [3.63, 3.8) is 0 Å². The molecule has 0 saturated heterocycles. The van der Waals surface area contributed by atoms with Crippen LogP contribution in [0.2, 0.25) is 0 Å². The quantitative estimate of drug-likeness (QED) is 0.611. The van der Waals surface area contributed by atoms with E-state index >= 15 is 0 Å². The molecular formula is C22H25N3O4. The van der Waals surface area contributed by atoms with Crippen LogP contribution in [0.4, 0.5) is 5.69 Å². The zero-order valence-electron chi connectivity index (χ0n) is 16.6. The number of hydrogen-bond acceptors (Lipinski definition) is 4. The molecule has 0 atom stereocenters. The highest BCUT2D eigenvalue weighted by atomic mass is 16.4. The summed E-state index contributed by atoms with van der Waals surface area (Å²) in [5.41, 5.74) is 4.03. The van der Waals surface area contributed by atoms with Gasteiger partial charge in [-0.15, -0.1) is 0 Å². The summed E-state index contributed by atoms with van der Waals surface area (Å²) in [6.07, 6.45) is 1.51. The third kappa shape index (κ3) is 4.63. The van der Waals surface area contributed by atoms with Gasteiger partial charge >= 0.3 is 5.97 Å². The second-order valence-electron chi connectivity index (χ2n) is 7.05. The molecule has 0 saturated carbocycles. The van der Waals surface area contributed by atoms with Gasteiger partial charge in [0.25, 0.3) is 5.91 Å². The van der Waals surface area contributed by atoms with Gasteiger partial charge in [0, 0.05) is 12.1 Å². The second kappa shape index (κ2) is 8.87. The van der Waals surface area contributed by atoms with Crippen molar-refractivity contribution in [3.05, 3.63) is 59.4 Å². The number of aromatic nitrogens is 2. The summed E-state index contributed by atoms with van der Waals surface area (Å²) in [7, 11) is 0. The number of imidazole rings is 1. The minimum Gasteiger partial charge on any atom is -0.480 e. The Morgan fingerprint density at radius 3 is 2.48 bits per heavy atom. The number of aryl methyl sites for hydroxylation is 2. The summed E-state index contributed by atoms with van der Waals surface area (Å²) in [4.78, 5) is 29.8. The average Bonchev–Trinajstić information content (AvgIpc) is 3.03. The maximum Gasteiger partial charge on any atom is 0.323 e. The number of aliphatic carboxylic acids is 1. The molecule has 1 amide bonds. The Kier molecular flexibility index (Phi) is 6.29. The van der Waals surface area contributed by atoms with E-state index in [-0.39, 0.29) is 6.54 Å². The van der Waals surface area contributed by atoms with Crippen LogP contribution in [0.3, 0.4) is 0 Å². The van der Waals surface area contributed by atoms with Crippen molar-refractivity contribution in [1.82, 2.24) is 9.55 Å². The summed E-state index contributed by atoms with van der Waals surface area (Å²) in [5.74, 6) is -0.633. The number of benzene rings is 2. The van der Waals surface area contributed by atoms with Crippen LogP contribution in [-0.2, 0) is 29.1 Å². The van der Waals surface area contributed by atoms with E-state index in [1.54, 1.807) is 22.8 Å². The van der Waals surface area contributed by atoms with Gasteiger partial charge in [-0.2, -0.15) is 0 Å². The molecule has 0 aliphatic carbocycles. The van der Waals surface area contributed by atoms with Crippen LogP contribution in [0.5, 0.6) is 0 Å². The fourth-order valence-corrected chi connectivity index (χ4v) is 3.35. The molecule has 0 aliphatic heterocycles. The molecule has 1 aromatic heterocycles. The van der Waals surface area contributed by atoms with Crippen LogP contribution < -0.4 is 4.90 Å². The fraction of sp³-hybridized carbons (Fsp3) is 0.318. The predicted molar refractivity (Wildman–Crippen MR) is 111 cm³/mol. The molecule has 0 spiro atoms. The monoisotopic (exact) mass is 395 g/mol. The Bertz CT molecular complexity index is 1020. The minimum atomic E-state index is -0.929. The van der Waals surface area contributed by atoms with Crippen molar-refractivity contribution in [2.24, 2.45) is 0 Å². The molecule has 3 aromatic rings. The number of carboxylic acids is 1. The number of carbonyl (C=O) groups excluding carboxylic acids is 1. The minimum absolute atomic E-state index is 0.159. The molecule has 0 aliphatic rings. The molecule has 3 rings (SSSR count). The number of carboxylic acid groups (broad SMARTS) is 1. The van der Waals surface area contributed by atoms with E-state index in [1.807, 2.05) is 38.1 Å². The maximum atomic E-state index is 12.4. The van der Waals surface area contributed by atoms with Crippen LogP contribution in [0.15, 0.2) is 42.5 Å². The van der Waals surface area contributed by atoms with Crippen molar-refractivity contribution in [1.29, 1.82) is 0 Å². The van der Waals surface area contributed by atoms with Gasteiger partial charge in [-0.05, 0) is 37.1 Å². The van der Waals surface area contributed by atoms with Crippen molar-refractivity contribution in [2.75, 3.05) is 11.5 Å². The van der Waals surface area contributed by atoms with Crippen molar-refractivity contribution in [3.8, 4) is 0 Å². The summed E-state index contributed by atoms with van der Waals surface area (Å²) in [6, 6.07) is 13.2. The zero-order valence-corrected chi connectivity index (χ0v) is 16.6. The van der Waals surface area contributed by atoms with Gasteiger partial charge in [-0.3, -0.25) is 9.59 Å². The molecule has 0 radical (unpaired) electrons. The van der Waals surface area contributed by atoms with E-state index in [4.69, 9.17) is 0 Å². The lowest BCUT2D eigenvalue weighted by molar-refractivity contribution is -0.137. The summed E-state index contributed by atoms with van der Waals surface area (Å²) in [5, 5.41) is 18.7. The first-order valence-electron chi connectivity index (χ1n) is 9.60. The highest BCUT2D eigenvalue weighted by Crippen LogP contribution is 2.25. The molecule has 2 N–H and O–H groups in total. The van der Waals surface area contributed by atoms with E-state index < -0.39 is 18.5 Å². The Morgan fingerprint density at radius 1 is 1.14 bits per heavy atom. The largest absolute Gasteiger partial charge is 0.480 e. The molecule has 2 aromatic carbocycles. The smallest absolute Gasteiger partial charge is 0.323 e. The highest BCUT2D eigenvalue weighted by Gasteiger charge is 2.19. The van der Waals surface area contributed by atoms with E-state index in [2.05, 4.69) is 4.98 Å². The number of carbonyl (C=O) groups is 2. The molecule has 0 unspecified atom stereocenters. The van der Waals surface area contributed by atoms with Crippen LogP contribution in [-0.4, -0.2) is 38.2 Å². The number of anilines is 1. The highest BCUT2D eigenvalue weighted by molar-refractivity contribution is 5.96. The summed E-state index contributed by atoms with van der Waals surface area (Å²) >= 11 is 0. The second-order valence-corrected chi connectivity index (χ2v) is 7.05. The number of fused-ring (bicyclic) bond motifs is 1. The lowest BCUT2D eigenvalue weighted by atomic mass is 10.1. The third-order valence-corrected chi connectivity index (χ3v) is 4.79. The predicted octanol–water partition coefficient (Wildman–Crippen LogP) is 2.91. The van der Waals surface area contributed by atoms with Gasteiger partial charge in [0.05, 0.1) is 17.6 Å². The Hall–Kier alpha value is -3.19. The SMILES string of the molecule is CCCc1nc2cc(N(Cc3ccc(C)cc3)C(=O)CO)ccc2n1CC(=O)O. The molecular weight excluding hydrogens is 370 g/mol. The zero-order chi connectivity index (χ0) is 21.0. The number of rotatable bonds is 8. The molecule has 0 bridgehead atoms. The first-order valence-corrected chi connectivity index (χ1v) is 9.60. The summed E-state index contributed by atoms with van der Waals surface area (Å²) < 4.78 is 1.70. The fourth-order valence-electron chi connectivity index (χ4n) is 3.35. The summed E-state index contributed by atoms with van der Waals surface area (Å²) in [6.45, 7) is 3.57. The lowest BCUT2D eigenvalue weighted by Crippen LogP contribution is -2.32. The lowest BCUT2D eigenvalue weighted by Gasteiger charge is -2.22. The standard InChI is InChI=1S/C22H25N3O4/c1-3-4-20-23-18-11-17(9-10-19(18)25(20)13-22(28)29)24(21(27)14-26)12-16-7-5-15(2)6-8-16/h5-11,26H,3-4,12-14H2,1-2H3,(H,28,29). The Morgan fingerprint density at radius 2 is 1.86 bits per heavy atom. The molecule has 152 valence electrons. The molecule has 1 heterocycles. The topological polar surface area (TPSA) is 95.7 Å². The van der Waals surface area contributed by atoms with E-state index in [1.165, 1.54) is 4.90 Å². The van der Waals surface area contributed by atoms with Crippen LogP contribution in [0.1, 0.15) is 30.3 Å². The number of aliphatic hydroxyl groups excluding tert-OH is 1. The van der Waals surface area contributed by atoms with Crippen molar-refractivity contribution >= 4 is 28.6 Å². The molecule has 0 fully saturated rings. The first kappa shape index (κ1) is 20.5. The van der Waals surface area contributed by atoms with Gasteiger partial charge in [0.15, 0.2) is 0 Å². The number of amides is 1. The maximum absolute atomic E-state index is 12.4. The van der Waals surface area contributed by atoms with Crippen LogP contribution >= 0.6 is 0 Å². The van der Waals surface area contributed by atoms with Crippen LogP contribution in [0, 0.1) is 6.92 Å². The van der Waals surface area contributed by atoms with Gasteiger partial charge < -0.3 is 19.7 Å². The van der Waals surface area contributed by atoms with E-state index in [0.29, 0.717) is 35.5 Å². The number of hydrogen-bond donors (Lipinski definition) is 2. The average molecular weight is 395 g/mol. The van der Waals surface area contributed by atoms with Gasteiger partial charge in [-0.1, -0.05) is 36.8 Å². The van der Waals surface area contributed by atoms with E-state index in [0.717, 1.165) is 17.5 Å². The number of aliphatic hydroxyl groups is 1. The van der Waals surface area contributed by atoms with Gasteiger partial charge in [0.2, 0.25) is 0 Å². The van der Waals surface area contributed by atoms with Crippen molar-refractivity contribution < 1.29 is 19.8 Å². The van der Waals surface area contributed by atoms with E-state index in [9.17, 15) is 19.8 Å². The normalized spacial score (nSPS) is 11.0. The van der Waals surface area contributed by atoms with Gasteiger partial charge in [-0.25, -0.2) is 4.98 Å². The Balaban J connectivity index is 2.01. The molecule has 7 nitrogen and oxygen atoms in total. The number of nitrogens with zero attached hydrogens (tertiary/aromatic N) is 3. The third-order valence-electron chi connectivity index (χ3n) is 4.79.